The van der Waals surface area contributed by atoms with E-state index >= 15 is 0 Å². The maximum absolute atomic E-state index is 13.4. The number of carbonyl (C=O) groups excluding carboxylic acids is 3. The number of hydrogen-bond acceptors (Lipinski definition) is 10. The summed E-state index contributed by atoms with van der Waals surface area (Å²) in [6.45, 7) is 8.60. The lowest BCUT2D eigenvalue weighted by Gasteiger charge is -2.24. The Morgan fingerprint density at radius 2 is 1.88 bits per heavy atom. The molecule has 2 amide bonds. The van der Waals surface area contributed by atoms with Crippen molar-refractivity contribution < 1.29 is 23.5 Å². The van der Waals surface area contributed by atoms with Crippen molar-refractivity contribution >= 4 is 23.5 Å². The number of hydrogen-bond donors (Lipinski definition) is 2. The van der Waals surface area contributed by atoms with Crippen LogP contribution in [0.2, 0.25) is 0 Å². The van der Waals surface area contributed by atoms with Gasteiger partial charge in [-0.15, -0.1) is 10.2 Å². The molecule has 13 nitrogen and oxygen atoms in total. The summed E-state index contributed by atoms with van der Waals surface area (Å²) in [4.78, 5) is 60.2. The van der Waals surface area contributed by atoms with Gasteiger partial charge in [-0.05, 0) is 30.9 Å². The number of Topliss-reactive ketones (excluding diaryl/α,β-unsaturated/α-hetero) is 1. The first-order chi connectivity index (χ1) is 18.9. The Morgan fingerprint density at radius 3 is 2.45 bits per heavy atom. The molecule has 2 N–H and O–H groups in total. The topological polar surface area (TPSA) is 171 Å². The van der Waals surface area contributed by atoms with Gasteiger partial charge >= 0.3 is 6.09 Å². The summed E-state index contributed by atoms with van der Waals surface area (Å²) in [5.74, 6) is -1.06. The Balaban J connectivity index is 1.56. The number of aromatic nitrogens is 5. The largest absolute Gasteiger partial charge is 0.453 e. The van der Waals surface area contributed by atoms with Crippen molar-refractivity contribution in [3.8, 4) is 0 Å². The smallest absolute Gasteiger partial charge is 0.411 e. The molecule has 0 radical (unpaired) electrons. The molecule has 1 unspecified atom stereocenters. The van der Waals surface area contributed by atoms with Gasteiger partial charge in [-0.25, -0.2) is 9.78 Å². The van der Waals surface area contributed by atoms with Gasteiger partial charge in [-0.3, -0.25) is 29.3 Å². The third kappa shape index (κ3) is 5.77. The number of ketones is 1. The van der Waals surface area contributed by atoms with Crippen molar-refractivity contribution in [1.82, 2.24) is 30.0 Å². The van der Waals surface area contributed by atoms with Crippen LogP contribution in [-0.4, -0.2) is 55.7 Å². The maximum Gasteiger partial charge on any atom is 0.411 e. The minimum atomic E-state index is -0.996. The molecule has 0 bridgehead atoms. The molecule has 0 saturated heterocycles. The number of ether oxygens (including phenoxy) is 1. The molecule has 13 heteroatoms. The van der Waals surface area contributed by atoms with E-state index in [9.17, 15) is 19.2 Å². The Hall–Kier alpha value is -4.42. The van der Waals surface area contributed by atoms with Crippen LogP contribution in [0.25, 0.3) is 0 Å². The van der Waals surface area contributed by atoms with Gasteiger partial charge in [0.15, 0.2) is 0 Å². The lowest BCUT2D eigenvalue weighted by molar-refractivity contribution is -0.122. The van der Waals surface area contributed by atoms with E-state index in [0.29, 0.717) is 11.7 Å². The van der Waals surface area contributed by atoms with Crippen LogP contribution in [0, 0.1) is 5.92 Å². The second-order valence-corrected chi connectivity index (χ2v) is 11.1. The molecule has 3 aromatic heterocycles. The summed E-state index contributed by atoms with van der Waals surface area (Å²) in [7, 11) is 1.16. The summed E-state index contributed by atoms with van der Waals surface area (Å²) < 4.78 is 11.5. The second kappa shape index (κ2) is 11.0. The normalized spacial score (nSPS) is 14.9. The molecular weight excluding hydrogens is 518 g/mol. The first kappa shape index (κ1) is 28.6. The van der Waals surface area contributed by atoms with E-state index in [0.717, 1.165) is 30.2 Å². The van der Waals surface area contributed by atoms with Gasteiger partial charge in [-0.1, -0.05) is 40.7 Å². The van der Waals surface area contributed by atoms with Crippen molar-refractivity contribution in [3.63, 3.8) is 0 Å². The Labute approximate surface area is 230 Å². The molecule has 3 aromatic rings. The zero-order valence-electron chi connectivity index (χ0n) is 23.3. The van der Waals surface area contributed by atoms with Gasteiger partial charge in [0.1, 0.15) is 18.1 Å². The van der Waals surface area contributed by atoms with Crippen molar-refractivity contribution in [3.05, 3.63) is 64.2 Å². The number of nitrogens with zero attached hydrogens (tertiary/aromatic N) is 5. The number of pyridine rings is 1. The first-order valence-corrected chi connectivity index (χ1v) is 12.9. The van der Waals surface area contributed by atoms with E-state index in [1.54, 1.807) is 20.0 Å². The lowest BCUT2D eigenvalue weighted by Crippen LogP contribution is -2.47. The molecule has 3 heterocycles. The lowest BCUT2D eigenvalue weighted by atomic mass is 9.95. The molecular formula is C27H33N7O6. The summed E-state index contributed by atoms with van der Waals surface area (Å²) in [6, 6.07) is 4.58. The van der Waals surface area contributed by atoms with Crippen LogP contribution in [0.15, 0.2) is 39.8 Å². The molecule has 40 heavy (non-hydrogen) atoms. The molecule has 212 valence electrons. The fraction of sp³-hybridized carbons (Fsp3) is 0.481. The van der Waals surface area contributed by atoms with Gasteiger partial charge in [0, 0.05) is 11.6 Å². The Bertz CT molecular complexity index is 1470. The van der Waals surface area contributed by atoms with Gasteiger partial charge in [0.05, 0.1) is 30.5 Å². The Kier molecular flexibility index (Phi) is 7.85. The van der Waals surface area contributed by atoms with Crippen LogP contribution in [0.4, 0.5) is 10.5 Å². The molecule has 1 aliphatic rings. The van der Waals surface area contributed by atoms with E-state index < -0.39 is 46.8 Å². The van der Waals surface area contributed by atoms with Crippen LogP contribution in [-0.2, 0) is 26.9 Å². The third-order valence-corrected chi connectivity index (χ3v) is 6.66. The van der Waals surface area contributed by atoms with Crippen molar-refractivity contribution in [2.24, 2.45) is 5.92 Å². The number of methoxy groups -OCH3 is 1. The molecule has 1 fully saturated rings. The van der Waals surface area contributed by atoms with Gasteiger partial charge in [0.2, 0.25) is 17.6 Å². The SMILES string of the molecule is COC(=O)Nc1cnc(C(C)(C)C)n(CC(=O)NC(C(=O)c2nnc(C3(c4ccccn4)CC3)o2)C(C)C)c1=O. The fourth-order valence-electron chi connectivity index (χ4n) is 4.38. The van der Waals surface area contributed by atoms with Crippen LogP contribution in [0.5, 0.6) is 0 Å². The number of rotatable bonds is 9. The molecule has 1 saturated carbocycles. The summed E-state index contributed by atoms with van der Waals surface area (Å²) in [6.07, 6.45) is 3.60. The average molecular weight is 552 g/mol. The molecule has 1 aliphatic carbocycles. The highest BCUT2D eigenvalue weighted by atomic mass is 16.5. The fourth-order valence-corrected chi connectivity index (χ4v) is 4.38. The number of carbonyl (C=O) groups is 3. The quantitative estimate of drug-likeness (QED) is 0.377. The molecule has 0 spiro atoms. The summed E-state index contributed by atoms with van der Waals surface area (Å²) in [5.41, 5.74) is -1.11. The zero-order chi connectivity index (χ0) is 29.2. The van der Waals surface area contributed by atoms with E-state index in [1.165, 1.54) is 6.20 Å². The van der Waals surface area contributed by atoms with E-state index in [-0.39, 0.29) is 17.5 Å². The van der Waals surface area contributed by atoms with Crippen molar-refractivity contribution in [1.29, 1.82) is 0 Å². The van der Waals surface area contributed by atoms with Crippen LogP contribution in [0.1, 0.15) is 75.6 Å². The average Bonchev–Trinajstić information content (AvgIpc) is 3.57. The predicted octanol–water partition coefficient (Wildman–Crippen LogP) is 2.60. The number of amides is 2. The van der Waals surface area contributed by atoms with Gasteiger partial charge in [-0.2, -0.15) is 0 Å². The first-order valence-electron chi connectivity index (χ1n) is 12.9. The van der Waals surface area contributed by atoms with Crippen molar-refractivity contribution in [2.75, 3.05) is 12.4 Å². The van der Waals surface area contributed by atoms with Crippen molar-refractivity contribution in [2.45, 2.75) is 70.9 Å². The predicted molar refractivity (Wildman–Crippen MR) is 143 cm³/mol. The molecule has 4 rings (SSSR count). The highest BCUT2D eigenvalue weighted by molar-refractivity contribution is 5.98. The zero-order valence-corrected chi connectivity index (χ0v) is 23.3. The number of anilines is 1. The van der Waals surface area contributed by atoms with E-state index in [1.807, 2.05) is 39.0 Å². The summed E-state index contributed by atoms with van der Waals surface area (Å²) in [5, 5.41) is 13.1. The minimum Gasteiger partial charge on any atom is -0.453 e. The highest BCUT2D eigenvalue weighted by Crippen LogP contribution is 2.52. The second-order valence-electron chi connectivity index (χ2n) is 11.1. The molecule has 0 aliphatic heterocycles. The van der Waals surface area contributed by atoms with Crippen LogP contribution in [0.3, 0.4) is 0 Å². The Morgan fingerprint density at radius 1 is 1.15 bits per heavy atom. The van der Waals surface area contributed by atoms with E-state index in [4.69, 9.17) is 4.42 Å². The van der Waals surface area contributed by atoms with Gasteiger partial charge in [0.25, 0.3) is 11.4 Å². The highest BCUT2D eigenvalue weighted by Gasteiger charge is 2.52. The standard InChI is InChI=1S/C27H33N7O6/c1-15(2)19(20(36)21-32-33-24(40-21)27(10-11-27)17-9-7-8-12-28-17)31-18(35)14-34-22(37)16(30-25(38)39-6)13-29-23(34)26(3,4)5/h7-9,12-13,15,19H,10-11,14H2,1-6H3,(H,30,38)(H,31,35). The third-order valence-electron chi connectivity index (χ3n) is 6.66. The molecule has 1 atom stereocenters. The van der Waals surface area contributed by atoms with Gasteiger partial charge < -0.3 is 14.5 Å². The monoisotopic (exact) mass is 551 g/mol. The minimum absolute atomic E-state index is 0.149. The number of nitrogens with one attached hydrogen (secondary N) is 2. The maximum atomic E-state index is 13.4. The molecule has 0 aromatic carbocycles. The van der Waals surface area contributed by atoms with Crippen LogP contribution < -0.4 is 16.2 Å². The van der Waals surface area contributed by atoms with Crippen LogP contribution >= 0.6 is 0 Å². The van der Waals surface area contributed by atoms with E-state index in [2.05, 4.69) is 35.5 Å². The summed E-state index contributed by atoms with van der Waals surface area (Å²) >= 11 is 0.